The Morgan fingerprint density at radius 2 is 1.07 bits per heavy atom. The van der Waals surface area contributed by atoms with E-state index in [1.165, 1.54) is 33.0 Å². The Morgan fingerprint density at radius 3 is 1.89 bits per heavy atom. The van der Waals surface area contributed by atoms with Crippen molar-refractivity contribution < 1.29 is 4.42 Å². The van der Waals surface area contributed by atoms with E-state index in [-0.39, 0.29) is 5.41 Å². The lowest BCUT2D eigenvalue weighted by molar-refractivity contribution is 0.660. The van der Waals surface area contributed by atoms with Crippen molar-refractivity contribution in [2.75, 3.05) is 4.90 Å². The zero-order valence-electron chi connectivity index (χ0n) is 25.3. The highest BCUT2D eigenvalue weighted by molar-refractivity contribution is 6.10. The molecule has 214 valence electrons. The second kappa shape index (κ2) is 9.70. The number of para-hydroxylation sites is 1. The molecule has 1 aliphatic rings. The summed E-state index contributed by atoms with van der Waals surface area (Å²) in [5.41, 5.74) is 12.9. The maximum absolute atomic E-state index is 6.37. The van der Waals surface area contributed by atoms with Crippen LogP contribution in [0.5, 0.6) is 0 Å². The van der Waals surface area contributed by atoms with Crippen molar-refractivity contribution in [3.05, 3.63) is 163 Å². The molecular weight excluding hydrogens is 546 g/mol. The summed E-state index contributed by atoms with van der Waals surface area (Å²) in [7, 11) is 0. The number of hydrogen-bond donors (Lipinski definition) is 0. The van der Waals surface area contributed by atoms with E-state index < -0.39 is 0 Å². The molecule has 0 bridgehead atoms. The number of benzene rings is 7. The molecule has 0 amide bonds. The average molecular weight is 578 g/mol. The maximum atomic E-state index is 6.37. The first-order valence-electron chi connectivity index (χ1n) is 15.6. The SMILES string of the molecule is CC1(C)c2ccccc2-c2ccc(N(c3ccccc3)c3ccc(-c4ccc5c(c4)oc4cc6ccccc6cc45)cc3)cc21. The Hall–Kier alpha value is -5.60. The summed E-state index contributed by atoms with van der Waals surface area (Å²) < 4.78 is 6.37. The zero-order chi connectivity index (χ0) is 30.1. The maximum Gasteiger partial charge on any atom is 0.136 e. The first kappa shape index (κ1) is 25.9. The summed E-state index contributed by atoms with van der Waals surface area (Å²) in [6, 6.07) is 54.7. The number of rotatable bonds is 4. The van der Waals surface area contributed by atoms with Gasteiger partial charge in [-0.3, -0.25) is 0 Å². The minimum absolute atomic E-state index is 0.0593. The Bertz CT molecular complexity index is 2400. The highest BCUT2D eigenvalue weighted by Crippen LogP contribution is 2.50. The van der Waals surface area contributed by atoms with Crippen LogP contribution < -0.4 is 4.90 Å². The minimum Gasteiger partial charge on any atom is -0.456 e. The molecule has 1 aromatic heterocycles. The van der Waals surface area contributed by atoms with E-state index >= 15 is 0 Å². The fourth-order valence-electron chi connectivity index (χ4n) is 7.30. The highest BCUT2D eigenvalue weighted by atomic mass is 16.3. The van der Waals surface area contributed by atoms with E-state index in [1.54, 1.807) is 0 Å². The Morgan fingerprint density at radius 1 is 0.444 bits per heavy atom. The number of hydrogen-bond acceptors (Lipinski definition) is 2. The van der Waals surface area contributed by atoms with Gasteiger partial charge in [-0.1, -0.05) is 105 Å². The molecule has 0 saturated carbocycles. The van der Waals surface area contributed by atoms with Crippen molar-refractivity contribution in [3.63, 3.8) is 0 Å². The smallest absolute Gasteiger partial charge is 0.136 e. The van der Waals surface area contributed by atoms with Crippen LogP contribution >= 0.6 is 0 Å². The van der Waals surface area contributed by atoms with Gasteiger partial charge >= 0.3 is 0 Å². The largest absolute Gasteiger partial charge is 0.456 e. The summed E-state index contributed by atoms with van der Waals surface area (Å²) in [5, 5.41) is 4.73. The standard InChI is InChI=1S/C43H31NO/c1-43(2)39-15-9-8-14-35(39)36-23-21-34(27-40(36)43)44(32-12-4-3-5-13-32)33-19-16-28(17-20-33)31-18-22-37-38-24-29-10-6-7-11-30(29)25-42(38)45-41(37)26-31/h3-27H,1-2H3. The lowest BCUT2D eigenvalue weighted by atomic mass is 9.82. The molecule has 1 aliphatic carbocycles. The van der Waals surface area contributed by atoms with Gasteiger partial charge in [-0.2, -0.15) is 0 Å². The van der Waals surface area contributed by atoms with Crippen LogP contribution in [0.1, 0.15) is 25.0 Å². The van der Waals surface area contributed by atoms with Crippen molar-refractivity contribution in [1.82, 2.24) is 0 Å². The van der Waals surface area contributed by atoms with Gasteiger partial charge in [0.15, 0.2) is 0 Å². The van der Waals surface area contributed by atoms with Crippen LogP contribution in [0, 0.1) is 0 Å². The van der Waals surface area contributed by atoms with Gasteiger partial charge in [-0.15, -0.1) is 0 Å². The molecule has 45 heavy (non-hydrogen) atoms. The van der Waals surface area contributed by atoms with E-state index in [9.17, 15) is 0 Å². The van der Waals surface area contributed by atoms with Crippen LogP contribution in [0.15, 0.2) is 156 Å². The van der Waals surface area contributed by atoms with Crippen molar-refractivity contribution in [3.8, 4) is 22.3 Å². The molecule has 0 fully saturated rings. The Labute approximate surface area is 262 Å². The Balaban J connectivity index is 1.11. The zero-order valence-corrected chi connectivity index (χ0v) is 25.3. The fraction of sp³-hybridized carbons (Fsp3) is 0.0698. The van der Waals surface area contributed by atoms with Gasteiger partial charge in [0.25, 0.3) is 0 Å². The van der Waals surface area contributed by atoms with Gasteiger partial charge in [0, 0.05) is 33.2 Å². The molecule has 2 nitrogen and oxygen atoms in total. The van der Waals surface area contributed by atoms with E-state index in [0.717, 1.165) is 50.1 Å². The summed E-state index contributed by atoms with van der Waals surface area (Å²) in [5.74, 6) is 0. The summed E-state index contributed by atoms with van der Waals surface area (Å²) in [6.07, 6.45) is 0. The van der Waals surface area contributed by atoms with Gasteiger partial charge < -0.3 is 9.32 Å². The lowest BCUT2D eigenvalue weighted by Gasteiger charge is -2.28. The van der Waals surface area contributed by atoms with Gasteiger partial charge in [-0.25, -0.2) is 0 Å². The molecular formula is C43H31NO. The summed E-state index contributed by atoms with van der Waals surface area (Å²) >= 11 is 0. The van der Waals surface area contributed by atoms with E-state index in [0.29, 0.717) is 0 Å². The van der Waals surface area contributed by atoms with E-state index in [1.807, 2.05) is 0 Å². The van der Waals surface area contributed by atoms with E-state index in [4.69, 9.17) is 4.42 Å². The van der Waals surface area contributed by atoms with Crippen LogP contribution in [0.3, 0.4) is 0 Å². The minimum atomic E-state index is -0.0593. The molecule has 7 aromatic carbocycles. The molecule has 0 N–H and O–H groups in total. The molecule has 0 atom stereocenters. The van der Waals surface area contributed by atoms with Crippen molar-refractivity contribution in [1.29, 1.82) is 0 Å². The first-order valence-corrected chi connectivity index (χ1v) is 15.6. The summed E-state index contributed by atoms with van der Waals surface area (Å²) in [6.45, 7) is 4.68. The van der Waals surface area contributed by atoms with Crippen molar-refractivity contribution in [2.45, 2.75) is 19.3 Å². The predicted octanol–water partition coefficient (Wildman–Crippen LogP) is 12.2. The monoisotopic (exact) mass is 577 g/mol. The second-order valence-electron chi connectivity index (χ2n) is 12.6. The van der Waals surface area contributed by atoms with Crippen LogP contribution in [-0.4, -0.2) is 0 Å². The molecule has 0 saturated heterocycles. The quantitative estimate of drug-likeness (QED) is 0.207. The van der Waals surface area contributed by atoms with Gasteiger partial charge in [0.1, 0.15) is 11.2 Å². The third kappa shape index (κ3) is 4.03. The highest BCUT2D eigenvalue weighted by Gasteiger charge is 2.35. The number of fused-ring (bicyclic) bond motifs is 7. The summed E-state index contributed by atoms with van der Waals surface area (Å²) in [4.78, 5) is 2.36. The second-order valence-corrected chi connectivity index (χ2v) is 12.6. The first-order chi connectivity index (χ1) is 22.0. The van der Waals surface area contributed by atoms with E-state index in [2.05, 4.69) is 170 Å². The lowest BCUT2D eigenvalue weighted by Crippen LogP contribution is -2.16. The van der Waals surface area contributed by atoms with Crippen molar-refractivity contribution >= 4 is 49.8 Å². The van der Waals surface area contributed by atoms with Gasteiger partial charge in [0.2, 0.25) is 0 Å². The van der Waals surface area contributed by atoms with Gasteiger partial charge in [-0.05, 0) is 105 Å². The van der Waals surface area contributed by atoms with Crippen LogP contribution in [0.25, 0.3) is 55.0 Å². The number of nitrogens with zero attached hydrogens (tertiary/aromatic N) is 1. The molecule has 0 spiro atoms. The molecule has 0 radical (unpaired) electrons. The molecule has 1 heterocycles. The molecule has 0 aliphatic heterocycles. The number of anilines is 3. The molecule has 8 aromatic rings. The Kier molecular flexibility index (Phi) is 5.58. The number of furan rings is 1. The van der Waals surface area contributed by atoms with Gasteiger partial charge in [0.05, 0.1) is 0 Å². The van der Waals surface area contributed by atoms with Crippen LogP contribution in [0.2, 0.25) is 0 Å². The third-order valence-electron chi connectivity index (χ3n) is 9.64. The van der Waals surface area contributed by atoms with Crippen LogP contribution in [0.4, 0.5) is 17.1 Å². The molecule has 9 rings (SSSR count). The average Bonchev–Trinajstić information content (AvgIpc) is 3.55. The topological polar surface area (TPSA) is 16.4 Å². The molecule has 0 unspecified atom stereocenters. The van der Waals surface area contributed by atoms with Crippen molar-refractivity contribution in [2.24, 2.45) is 0 Å². The normalized spacial score (nSPS) is 13.3. The predicted molar refractivity (Wildman–Crippen MR) is 189 cm³/mol. The molecule has 2 heteroatoms. The third-order valence-corrected chi connectivity index (χ3v) is 9.64. The van der Waals surface area contributed by atoms with Crippen LogP contribution in [-0.2, 0) is 5.41 Å². The fourth-order valence-corrected chi connectivity index (χ4v) is 7.30.